The molecule has 3 rings (SSSR count). The zero-order chi connectivity index (χ0) is 11.3. The third-order valence-electron chi connectivity index (χ3n) is 3.96. The van der Waals surface area contributed by atoms with Crippen LogP contribution in [-0.2, 0) is 6.54 Å². The van der Waals surface area contributed by atoms with Crippen LogP contribution in [0.1, 0.15) is 23.1 Å². The lowest BCUT2D eigenvalue weighted by molar-refractivity contribution is 0.290. The Morgan fingerprint density at radius 1 is 1.31 bits per heavy atom. The van der Waals surface area contributed by atoms with Crippen molar-refractivity contribution in [2.75, 3.05) is 13.1 Å². The Labute approximate surface area is 97.4 Å². The zero-order valence-corrected chi connectivity index (χ0v) is 10.2. The van der Waals surface area contributed by atoms with E-state index in [2.05, 4.69) is 36.9 Å². The minimum absolute atomic E-state index is 0.179. The summed E-state index contributed by atoms with van der Waals surface area (Å²) in [6, 6.07) is 6.82. The Hall–Kier alpha value is -0.860. The number of benzene rings is 1. The molecule has 2 N–H and O–H groups in total. The summed E-state index contributed by atoms with van der Waals surface area (Å²) >= 11 is 0. The first-order chi connectivity index (χ1) is 7.55. The largest absolute Gasteiger partial charge is 0.324 e. The smallest absolute Gasteiger partial charge is 0.0328 e. The summed E-state index contributed by atoms with van der Waals surface area (Å²) in [6.45, 7) is 7.69. The first kappa shape index (κ1) is 10.3. The lowest BCUT2D eigenvalue weighted by Gasteiger charge is -2.19. The van der Waals surface area contributed by atoms with Crippen molar-refractivity contribution in [1.29, 1.82) is 0 Å². The third kappa shape index (κ3) is 1.76. The molecule has 0 bridgehead atoms. The van der Waals surface area contributed by atoms with Crippen molar-refractivity contribution in [3.63, 3.8) is 0 Å². The minimum Gasteiger partial charge on any atom is -0.324 e. The molecule has 1 aliphatic heterocycles. The molecule has 1 heterocycles. The number of fused-ring (bicyclic) bond motifs is 1. The summed E-state index contributed by atoms with van der Waals surface area (Å²) in [5.41, 5.74) is 10.6. The number of nitrogens with two attached hydrogens (primary N) is 1. The van der Waals surface area contributed by atoms with Crippen molar-refractivity contribution < 1.29 is 0 Å². The molecule has 1 aliphatic carbocycles. The average molecular weight is 216 g/mol. The number of rotatable bonds is 2. The second-order valence-electron chi connectivity index (χ2n) is 5.80. The minimum atomic E-state index is 0.179. The quantitative estimate of drug-likeness (QED) is 0.817. The van der Waals surface area contributed by atoms with Gasteiger partial charge in [-0.2, -0.15) is 0 Å². The van der Waals surface area contributed by atoms with Gasteiger partial charge in [-0.1, -0.05) is 29.3 Å². The number of hydrogen-bond acceptors (Lipinski definition) is 2. The van der Waals surface area contributed by atoms with E-state index in [1.165, 1.54) is 29.7 Å². The van der Waals surface area contributed by atoms with E-state index < -0.39 is 0 Å². The molecule has 0 radical (unpaired) electrons. The summed E-state index contributed by atoms with van der Waals surface area (Å²) in [5.74, 6) is 0.776. The normalized spacial score (nSPS) is 32.8. The predicted molar refractivity (Wildman–Crippen MR) is 66.2 cm³/mol. The fourth-order valence-electron chi connectivity index (χ4n) is 3.17. The van der Waals surface area contributed by atoms with Crippen molar-refractivity contribution in [1.82, 2.24) is 4.90 Å². The second-order valence-corrected chi connectivity index (χ2v) is 5.80. The van der Waals surface area contributed by atoms with Crippen molar-refractivity contribution in [3.05, 3.63) is 34.9 Å². The standard InChI is InChI=1S/C14H20N2/c1-10-3-11(2)5-12(4-10)7-16-8-13-6-14(13,15)9-16/h3-5,13H,6-9,15H2,1-2H3. The van der Waals surface area contributed by atoms with Crippen LogP contribution in [0.15, 0.2) is 18.2 Å². The monoisotopic (exact) mass is 216 g/mol. The van der Waals surface area contributed by atoms with Gasteiger partial charge in [-0.25, -0.2) is 0 Å². The summed E-state index contributed by atoms with van der Waals surface area (Å²) in [5, 5.41) is 0. The van der Waals surface area contributed by atoms with E-state index in [-0.39, 0.29) is 5.54 Å². The van der Waals surface area contributed by atoms with Gasteiger partial charge in [0.15, 0.2) is 0 Å². The van der Waals surface area contributed by atoms with Crippen molar-refractivity contribution in [2.45, 2.75) is 32.4 Å². The molecule has 2 fully saturated rings. The SMILES string of the molecule is Cc1cc(C)cc(CN2CC3CC3(N)C2)c1. The van der Waals surface area contributed by atoms with Crippen molar-refractivity contribution in [2.24, 2.45) is 11.7 Å². The molecule has 2 heteroatoms. The average Bonchev–Trinajstić information content (AvgIpc) is 2.63. The number of aryl methyl sites for hydroxylation is 2. The summed E-state index contributed by atoms with van der Waals surface area (Å²) < 4.78 is 0. The molecular formula is C14H20N2. The molecule has 2 nitrogen and oxygen atoms in total. The predicted octanol–water partition coefficient (Wildman–Crippen LogP) is 1.84. The van der Waals surface area contributed by atoms with Crippen LogP contribution in [0.2, 0.25) is 0 Å². The first-order valence-corrected chi connectivity index (χ1v) is 6.14. The lowest BCUT2D eigenvalue weighted by Crippen LogP contribution is -2.32. The molecule has 1 saturated heterocycles. The Balaban J connectivity index is 1.70. The Kier molecular flexibility index (Phi) is 2.13. The molecular weight excluding hydrogens is 196 g/mol. The van der Waals surface area contributed by atoms with E-state index in [9.17, 15) is 0 Å². The van der Waals surface area contributed by atoms with Crippen LogP contribution in [0.5, 0.6) is 0 Å². The molecule has 1 saturated carbocycles. The van der Waals surface area contributed by atoms with Crippen LogP contribution < -0.4 is 5.73 Å². The van der Waals surface area contributed by atoms with Gasteiger partial charge in [0.25, 0.3) is 0 Å². The topological polar surface area (TPSA) is 29.3 Å². The molecule has 2 unspecified atom stereocenters. The van der Waals surface area contributed by atoms with Gasteiger partial charge in [-0.3, -0.25) is 4.90 Å². The van der Waals surface area contributed by atoms with Gasteiger partial charge in [-0.15, -0.1) is 0 Å². The van der Waals surface area contributed by atoms with E-state index in [1.54, 1.807) is 0 Å². The Bertz CT molecular complexity index is 406. The molecule has 2 atom stereocenters. The molecule has 2 aliphatic rings. The van der Waals surface area contributed by atoms with Crippen LogP contribution in [0, 0.1) is 19.8 Å². The van der Waals surface area contributed by atoms with Crippen molar-refractivity contribution in [3.8, 4) is 0 Å². The van der Waals surface area contributed by atoms with Gasteiger partial charge in [0.1, 0.15) is 0 Å². The van der Waals surface area contributed by atoms with E-state index in [1.807, 2.05) is 0 Å². The molecule has 0 amide bonds. The van der Waals surface area contributed by atoms with E-state index >= 15 is 0 Å². The highest BCUT2D eigenvalue weighted by Gasteiger charge is 2.56. The summed E-state index contributed by atoms with van der Waals surface area (Å²) in [7, 11) is 0. The van der Waals surface area contributed by atoms with Crippen LogP contribution >= 0.6 is 0 Å². The second kappa shape index (κ2) is 3.31. The number of nitrogens with zero attached hydrogens (tertiary/aromatic N) is 1. The fourth-order valence-corrected chi connectivity index (χ4v) is 3.17. The van der Waals surface area contributed by atoms with Gasteiger partial charge < -0.3 is 5.73 Å². The molecule has 1 aromatic rings. The lowest BCUT2D eigenvalue weighted by atomic mass is 10.1. The zero-order valence-electron chi connectivity index (χ0n) is 10.2. The van der Waals surface area contributed by atoms with Crippen LogP contribution in [0.25, 0.3) is 0 Å². The van der Waals surface area contributed by atoms with E-state index in [0.717, 1.165) is 19.0 Å². The van der Waals surface area contributed by atoms with E-state index in [0.29, 0.717) is 0 Å². The molecule has 1 aromatic carbocycles. The van der Waals surface area contributed by atoms with Gasteiger partial charge in [0, 0.05) is 25.2 Å². The van der Waals surface area contributed by atoms with Crippen molar-refractivity contribution >= 4 is 0 Å². The fraction of sp³-hybridized carbons (Fsp3) is 0.571. The van der Waals surface area contributed by atoms with Crippen LogP contribution in [-0.4, -0.2) is 23.5 Å². The van der Waals surface area contributed by atoms with Gasteiger partial charge in [0.05, 0.1) is 0 Å². The Morgan fingerprint density at radius 2 is 2.00 bits per heavy atom. The first-order valence-electron chi connectivity index (χ1n) is 6.14. The van der Waals surface area contributed by atoms with Gasteiger partial charge in [0.2, 0.25) is 0 Å². The summed E-state index contributed by atoms with van der Waals surface area (Å²) in [6.07, 6.45) is 1.25. The maximum Gasteiger partial charge on any atom is 0.0328 e. The summed E-state index contributed by atoms with van der Waals surface area (Å²) in [4.78, 5) is 2.50. The highest BCUT2D eigenvalue weighted by Crippen LogP contribution is 2.47. The van der Waals surface area contributed by atoms with Gasteiger partial charge in [-0.05, 0) is 31.7 Å². The maximum atomic E-state index is 6.21. The number of likely N-dealkylation sites (tertiary alicyclic amines) is 1. The van der Waals surface area contributed by atoms with Crippen LogP contribution in [0.3, 0.4) is 0 Å². The van der Waals surface area contributed by atoms with E-state index in [4.69, 9.17) is 5.73 Å². The molecule has 86 valence electrons. The van der Waals surface area contributed by atoms with Gasteiger partial charge >= 0.3 is 0 Å². The highest BCUT2D eigenvalue weighted by atomic mass is 15.2. The highest BCUT2D eigenvalue weighted by molar-refractivity contribution is 5.29. The third-order valence-corrected chi connectivity index (χ3v) is 3.96. The maximum absolute atomic E-state index is 6.21. The van der Waals surface area contributed by atoms with Crippen LogP contribution in [0.4, 0.5) is 0 Å². The Morgan fingerprint density at radius 3 is 2.56 bits per heavy atom. The molecule has 0 spiro atoms. The molecule has 0 aromatic heterocycles. The number of hydrogen-bond donors (Lipinski definition) is 1. The molecule has 16 heavy (non-hydrogen) atoms. The number of piperidine rings is 1.